The summed E-state index contributed by atoms with van der Waals surface area (Å²) >= 11 is 0. The van der Waals surface area contributed by atoms with Crippen LogP contribution in [0.1, 0.15) is 51.5 Å². The van der Waals surface area contributed by atoms with Crippen molar-refractivity contribution in [2.75, 3.05) is 25.0 Å². The molecular weight excluding hydrogens is 412 g/mol. The van der Waals surface area contributed by atoms with Gasteiger partial charge in [0.25, 0.3) is 0 Å². The molecule has 1 heterocycles. The molecule has 0 radical (unpaired) electrons. The third kappa shape index (κ3) is 5.28. The van der Waals surface area contributed by atoms with Crippen molar-refractivity contribution in [3.8, 4) is 5.75 Å². The van der Waals surface area contributed by atoms with E-state index < -0.39 is 10.0 Å². The zero-order chi connectivity index (χ0) is 22.4. The zero-order valence-corrected chi connectivity index (χ0v) is 19.3. The average molecular weight is 445 g/mol. The number of rotatable bonds is 9. The van der Waals surface area contributed by atoms with Crippen LogP contribution in [0.3, 0.4) is 0 Å². The summed E-state index contributed by atoms with van der Waals surface area (Å²) in [6.45, 7) is 7.31. The van der Waals surface area contributed by atoms with Crippen LogP contribution in [0.4, 0.5) is 5.69 Å². The molecule has 7 heteroatoms. The lowest BCUT2D eigenvalue weighted by Crippen LogP contribution is -2.29. The van der Waals surface area contributed by atoms with E-state index in [1.807, 2.05) is 37.3 Å². The fourth-order valence-electron chi connectivity index (χ4n) is 3.98. The predicted octanol–water partition coefficient (Wildman–Crippen LogP) is 4.64. The van der Waals surface area contributed by atoms with Crippen LogP contribution in [-0.2, 0) is 14.8 Å². The molecular formula is C24H32N2O4S. The van der Waals surface area contributed by atoms with Crippen LogP contribution in [0.2, 0.25) is 0 Å². The van der Waals surface area contributed by atoms with Crippen molar-refractivity contribution in [2.24, 2.45) is 5.92 Å². The highest BCUT2D eigenvalue weighted by atomic mass is 32.2. The van der Waals surface area contributed by atoms with Gasteiger partial charge in [-0.1, -0.05) is 50.6 Å². The summed E-state index contributed by atoms with van der Waals surface area (Å²) in [7, 11) is -3.69. The summed E-state index contributed by atoms with van der Waals surface area (Å²) < 4.78 is 33.5. The largest absolute Gasteiger partial charge is 0.492 e. The van der Waals surface area contributed by atoms with Crippen LogP contribution in [0.15, 0.2) is 53.4 Å². The highest BCUT2D eigenvalue weighted by Gasteiger charge is 2.31. The first-order valence-corrected chi connectivity index (χ1v) is 12.4. The third-order valence-electron chi connectivity index (χ3n) is 5.85. The van der Waals surface area contributed by atoms with E-state index >= 15 is 0 Å². The molecule has 2 aromatic carbocycles. The Bertz CT molecular complexity index is 986. The Kier molecular flexibility index (Phi) is 7.73. The second-order valence-electron chi connectivity index (χ2n) is 7.97. The second-order valence-corrected chi connectivity index (χ2v) is 9.88. The number of sulfonamides is 1. The van der Waals surface area contributed by atoms with Gasteiger partial charge >= 0.3 is 0 Å². The molecule has 1 fully saturated rings. The highest BCUT2D eigenvalue weighted by Crippen LogP contribution is 2.33. The molecule has 2 unspecified atom stereocenters. The number of benzene rings is 2. The minimum absolute atomic E-state index is 0.105. The van der Waals surface area contributed by atoms with Crippen molar-refractivity contribution in [1.29, 1.82) is 0 Å². The highest BCUT2D eigenvalue weighted by molar-refractivity contribution is 7.89. The van der Waals surface area contributed by atoms with Crippen LogP contribution in [0, 0.1) is 5.92 Å². The van der Waals surface area contributed by atoms with Crippen molar-refractivity contribution in [3.63, 3.8) is 0 Å². The minimum atomic E-state index is -3.69. The van der Waals surface area contributed by atoms with Crippen LogP contribution in [-0.4, -0.2) is 38.3 Å². The van der Waals surface area contributed by atoms with E-state index in [-0.39, 0.29) is 22.6 Å². The molecule has 0 aromatic heterocycles. The molecule has 1 amide bonds. The molecule has 3 rings (SSSR count). The lowest BCUT2D eigenvalue weighted by molar-refractivity contribution is -0.118. The van der Waals surface area contributed by atoms with Gasteiger partial charge in [0.2, 0.25) is 15.9 Å². The topological polar surface area (TPSA) is 75.7 Å². The SMILES string of the molecule is CCOc1ccc(NC(=O)C(c2ccccc2)C(C)CC)cc1S(=O)(=O)N1CCCC1. The number of nitrogens with one attached hydrogen (secondary N) is 1. The number of amides is 1. The third-order valence-corrected chi connectivity index (χ3v) is 7.77. The van der Waals surface area contributed by atoms with Gasteiger partial charge < -0.3 is 10.1 Å². The molecule has 1 aliphatic heterocycles. The zero-order valence-electron chi connectivity index (χ0n) is 18.5. The smallest absolute Gasteiger partial charge is 0.246 e. The monoisotopic (exact) mass is 444 g/mol. The lowest BCUT2D eigenvalue weighted by Gasteiger charge is -2.23. The summed E-state index contributed by atoms with van der Waals surface area (Å²) in [6, 6.07) is 14.5. The van der Waals surface area contributed by atoms with E-state index in [0.717, 1.165) is 24.8 Å². The summed E-state index contributed by atoms with van der Waals surface area (Å²) in [5.41, 5.74) is 1.40. The van der Waals surface area contributed by atoms with Crippen LogP contribution >= 0.6 is 0 Å². The predicted molar refractivity (Wildman–Crippen MR) is 123 cm³/mol. The molecule has 31 heavy (non-hydrogen) atoms. The van der Waals surface area contributed by atoms with Crippen molar-refractivity contribution < 1.29 is 17.9 Å². The van der Waals surface area contributed by atoms with E-state index in [9.17, 15) is 13.2 Å². The molecule has 2 aromatic rings. The molecule has 1 aliphatic rings. The van der Waals surface area contributed by atoms with E-state index in [2.05, 4.69) is 19.2 Å². The molecule has 2 atom stereocenters. The first kappa shape index (κ1) is 23.3. The summed E-state index contributed by atoms with van der Waals surface area (Å²) in [5.74, 6) is -0.0162. The molecule has 0 bridgehead atoms. The number of carbonyl (C=O) groups excluding carboxylic acids is 1. The first-order chi connectivity index (χ1) is 14.9. The molecule has 168 valence electrons. The Balaban J connectivity index is 1.92. The van der Waals surface area contributed by atoms with E-state index in [1.165, 1.54) is 10.4 Å². The number of hydrogen-bond acceptors (Lipinski definition) is 4. The Morgan fingerprint density at radius 3 is 2.39 bits per heavy atom. The molecule has 0 spiro atoms. The maximum atomic E-state index is 13.2. The van der Waals surface area contributed by atoms with Crippen molar-refractivity contribution in [3.05, 3.63) is 54.1 Å². The van der Waals surface area contributed by atoms with Gasteiger partial charge in [-0.15, -0.1) is 0 Å². The van der Waals surface area contributed by atoms with Crippen molar-refractivity contribution >= 4 is 21.6 Å². The van der Waals surface area contributed by atoms with Gasteiger partial charge in [-0.2, -0.15) is 4.31 Å². The van der Waals surface area contributed by atoms with Crippen molar-refractivity contribution in [1.82, 2.24) is 4.31 Å². The van der Waals surface area contributed by atoms with Gasteiger partial charge in [0.1, 0.15) is 10.6 Å². The van der Waals surface area contributed by atoms with E-state index in [4.69, 9.17) is 4.74 Å². The summed E-state index contributed by atoms with van der Waals surface area (Å²) in [5, 5.41) is 2.95. The van der Waals surface area contributed by atoms with E-state index in [0.29, 0.717) is 31.1 Å². The normalized spacial score (nSPS) is 16.6. The van der Waals surface area contributed by atoms with Gasteiger partial charge in [-0.05, 0) is 49.4 Å². The molecule has 1 N–H and O–H groups in total. The standard InChI is InChI=1S/C24H32N2O4S/c1-4-18(3)23(19-11-7-6-8-12-19)24(27)25-20-13-14-21(30-5-2)22(17-20)31(28,29)26-15-9-10-16-26/h6-8,11-14,17-18,23H,4-5,9-10,15-16H2,1-3H3,(H,25,27). The Hall–Kier alpha value is -2.38. The van der Waals surface area contributed by atoms with Gasteiger partial charge in [0, 0.05) is 18.8 Å². The Morgan fingerprint density at radius 2 is 1.77 bits per heavy atom. The summed E-state index contributed by atoms with van der Waals surface area (Å²) in [4.78, 5) is 13.3. The van der Waals surface area contributed by atoms with Crippen LogP contribution in [0.5, 0.6) is 5.75 Å². The second kappa shape index (κ2) is 10.3. The fraction of sp³-hybridized carbons (Fsp3) is 0.458. The Morgan fingerprint density at radius 1 is 1.10 bits per heavy atom. The average Bonchev–Trinajstić information content (AvgIpc) is 3.31. The molecule has 0 saturated carbocycles. The van der Waals surface area contributed by atoms with Crippen LogP contribution < -0.4 is 10.1 Å². The van der Waals surface area contributed by atoms with Gasteiger partial charge in [-0.3, -0.25) is 4.79 Å². The molecule has 1 saturated heterocycles. The summed E-state index contributed by atoms with van der Waals surface area (Å²) in [6.07, 6.45) is 2.56. The lowest BCUT2D eigenvalue weighted by atomic mass is 9.85. The first-order valence-electron chi connectivity index (χ1n) is 11.0. The number of anilines is 1. The maximum absolute atomic E-state index is 13.2. The number of hydrogen-bond donors (Lipinski definition) is 1. The number of nitrogens with zero attached hydrogens (tertiary/aromatic N) is 1. The maximum Gasteiger partial charge on any atom is 0.246 e. The Labute approximate surface area is 185 Å². The van der Waals surface area contributed by atoms with Crippen LogP contribution in [0.25, 0.3) is 0 Å². The molecule has 6 nitrogen and oxygen atoms in total. The van der Waals surface area contributed by atoms with E-state index in [1.54, 1.807) is 12.1 Å². The minimum Gasteiger partial charge on any atom is -0.492 e. The molecule has 0 aliphatic carbocycles. The number of carbonyl (C=O) groups is 1. The quantitative estimate of drug-likeness (QED) is 0.611. The number of ether oxygens (including phenoxy) is 1. The van der Waals surface area contributed by atoms with Gasteiger partial charge in [0.05, 0.1) is 12.5 Å². The van der Waals surface area contributed by atoms with Crippen molar-refractivity contribution in [2.45, 2.75) is 50.8 Å². The van der Waals surface area contributed by atoms with Gasteiger partial charge in [0.15, 0.2) is 0 Å². The van der Waals surface area contributed by atoms with Gasteiger partial charge in [-0.25, -0.2) is 8.42 Å². The fourth-order valence-corrected chi connectivity index (χ4v) is 5.66.